The average Bonchev–Trinajstić information content (AvgIpc) is 2.87. The SMILES string of the molecule is C(#C[I+]c1ccccc1)CC1CCCC1.F[B-](F)(F)F. The molecule has 0 radical (unpaired) electrons. The van der Waals surface area contributed by atoms with Crippen molar-refractivity contribution in [1.82, 2.24) is 0 Å². The minimum absolute atomic E-state index is 0.0565. The van der Waals surface area contributed by atoms with Gasteiger partial charge in [-0.2, -0.15) is 0 Å². The molecule has 0 atom stereocenters. The summed E-state index contributed by atoms with van der Waals surface area (Å²) in [7, 11) is -6.00. The Morgan fingerprint density at radius 2 is 1.60 bits per heavy atom. The Kier molecular flexibility index (Phi) is 8.04. The highest BCUT2D eigenvalue weighted by atomic mass is 127. The molecule has 0 N–H and O–H groups in total. The molecule has 1 fully saturated rings. The standard InChI is InChI=1S/C14H16I.BF4/c1-2-10-14(11-3-1)15-12-6-9-13-7-4-5-8-13;2-1(3,4)5/h1-3,10-11,13H,4-5,7-9H2;/q+1;-1. The van der Waals surface area contributed by atoms with Gasteiger partial charge >= 0.3 is 28.5 Å². The molecule has 1 aliphatic rings. The topological polar surface area (TPSA) is 0 Å². The van der Waals surface area contributed by atoms with Crippen molar-refractivity contribution in [3.63, 3.8) is 0 Å². The molecule has 0 nitrogen and oxygen atoms in total. The first kappa shape index (κ1) is 17.3. The van der Waals surface area contributed by atoms with Crippen LogP contribution in [0.5, 0.6) is 0 Å². The monoisotopic (exact) mass is 398 g/mol. The second-order valence-corrected chi connectivity index (χ2v) is 6.84. The van der Waals surface area contributed by atoms with Crippen molar-refractivity contribution in [3.05, 3.63) is 33.9 Å². The third-order valence-electron chi connectivity index (χ3n) is 2.82. The van der Waals surface area contributed by atoms with Crippen molar-refractivity contribution in [3.8, 4) is 9.85 Å². The van der Waals surface area contributed by atoms with Crippen LogP contribution < -0.4 is 21.2 Å². The van der Waals surface area contributed by atoms with Crippen molar-refractivity contribution in [2.24, 2.45) is 5.92 Å². The summed E-state index contributed by atoms with van der Waals surface area (Å²) in [6.45, 7) is 0. The average molecular weight is 398 g/mol. The van der Waals surface area contributed by atoms with Crippen LogP contribution in [0.4, 0.5) is 17.3 Å². The Morgan fingerprint density at radius 1 is 1.05 bits per heavy atom. The lowest BCUT2D eigenvalue weighted by Gasteiger charge is -1.99. The molecule has 0 heterocycles. The lowest BCUT2D eigenvalue weighted by Crippen LogP contribution is -3.59. The molecule has 2 rings (SSSR count). The van der Waals surface area contributed by atoms with Gasteiger partial charge in [0.15, 0.2) is 3.93 Å². The van der Waals surface area contributed by atoms with Crippen LogP contribution in [0.1, 0.15) is 32.1 Å². The summed E-state index contributed by atoms with van der Waals surface area (Å²) in [6, 6.07) is 10.7. The Balaban J connectivity index is 0.000000347. The Bertz CT molecular complexity index is 424. The fourth-order valence-electron chi connectivity index (χ4n) is 1.96. The number of halogens is 5. The number of rotatable bonds is 2. The van der Waals surface area contributed by atoms with Gasteiger partial charge < -0.3 is 17.3 Å². The number of hydrogen-bond donors (Lipinski definition) is 0. The summed E-state index contributed by atoms with van der Waals surface area (Å²) in [5.74, 6) is 4.29. The van der Waals surface area contributed by atoms with Gasteiger partial charge in [0.1, 0.15) is 0 Å². The van der Waals surface area contributed by atoms with Gasteiger partial charge in [-0.1, -0.05) is 31.0 Å². The van der Waals surface area contributed by atoms with Crippen LogP contribution in [-0.4, -0.2) is 7.25 Å². The molecule has 1 saturated carbocycles. The minimum atomic E-state index is -6.00. The zero-order valence-corrected chi connectivity index (χ0v) is 13.1. The van der Waals surface area contributed by atoms with Crippen molar-refractivity contribution in [2.75, 3.05) is 0 Å². The normalized spacial score (nSPS) is 15.0. The molecule has 20 heavy (non-hydrogen) atoms. The third kappa shape index (κ3) is 10.1. The van der Waals surface area contributed by atoms with Gasteiger partial charge in [-0.25, -0.2) is 0 Å². The minimum Gasteiger partial charge on any atom is -0.418 e. The molecule has 0 spiro atoms. The van der Waals surface area contributed by atoms with E-state index in [-0.39, 0.29) is 21.2 Å². The second-order valence-electron chi connectivity index (χ2n) is 4.51. The fraction of sp³-hybridized carbons (Fsp3) is 0.429. The van der Waals surface area contributed by atoms with E-state index in [4.69, 9.17) is 0 Å². The van der Waals surface area contributed by atoms with Gasteiger partial charge in [0.25, 0.3) is 0 Å². The molecule has 0 aliphatic heterocycles. The van der Waals surface area contributed by atoms with Crippen molar-refractivity contribution in [1.29, 1.82) is 0 Å². The van der Waals surface area contributed by atoms with Gasteiger partial charge in [-0.3, -0.25) is 0 Å². The molecule has 6 heteroatoms. The van der Waals surface area contributed by atoms with Gasteiger partial charge in [-0.15, -0.1) is 0 Å². The first-order valence-corrected chi connectivity index (χ1v) is 8.65. The molecule has 1 aromatic rings. The molecule has 0 unspecified atom stereocenters. The van der Waals surface area contributed by atoms with E-state index in [9.17, 15) is 17.3 Å². The van der Waals surface area contributed by atoms with E-state index in [1.54, 1.807) is 0 Å². The third-order valence-corrected chi connectivity index (χ3v) is 4.81. The van der Waals surface area contributed by atoms with Gasteiger partial charge in [0.05, 0.1) is 0 Å². The molecule has 0 saturated heterocycles. The van der Waals surface area contributed by atoms with Crippen LogP contribution in [0, 0.1) is 19.3 Å². The zero-order chi connectivity index (χ0) is 14.8. The quantitative estimate of drug-likeness (QED) is 0.309. The van der Waals surface area contributed by atoms with E-state index in [0.717, 1.165) is 12.3 Å². The van der Waals surface area contributed by atoms with Gasteiger partial charge in [-0.05, 0) is 36.8 Å². The summed E-state index contributed by atoms with van der Waals surface area (Å²) in [6.07, 6.45) is 6.84. The molecular weight excluding hydrogens is 382 g/mol. The molecule has 1 aliphatic carbocycles. The summed E-state index contributed by atoms with van der Waals surface area (Å²) in [4.78, 5) is 0. The highest BCUT2D eigenvalue weighted by Gasteiger charge is 2.20. The van der Waals surface area contributed by atoms with Crippen LogP contribution in [0.3, 0.4) is 0 Å². The van der Waals surface area contributed by atoms with E-state index in [1.165, 1.54) is 29.3 Å². The van der Waals surface area contributed by atoms with Crippen molar-refractivity contribution in [2.45, 2.75) is 32.1 Å². The largest absolute Gasteiger partial charge is 0.673 e. The van der Waals surface area contributed by atoms with Crippen molar-refractivity contribution < 1.29 is 38.5 Å². The van der Waals surface area contributed by atoms with E-state index in [2.05, 4.69) is 40.2 Å². The Hall–Kier alpha value is -0.705. The second kappa shape index (κ2) is 9.27. The molecule has 1 aromatic carbocycles. The van der Waals surface area contributed by atoms with Crippen molar-refractivity contribution >= 4 is 7.25 Å². The first-order valence-electron chi connectivity index (χ1n) is 6.49. The predicted molar refractivity (Wildman–Crippen MR) is 69.7 cm³/mol. The Morgan fingerprint density at radius 3 is 2.15 bits per heavy atom. The highest BCUT2D eigenvalue weighted by Crippen LogP contribution is 2.26. The molecule has 110 valence electrons. The number of benzene rings is 1. The summed E-state index contributed by atoms with van der Waals surface area (Å²) in [5.41, 5.74) is 0. The molecule has 0 bridgehead atoms. The highest BCUT2D eigenvalue weighted by molar-refractivity contribution is 6.50. The zero-order valence-electron chi connectivity index (χ0n) is 11.0. The van der Waals surface area contributed by atoms with Crippen LogP contribution in [-0.2, 0) is 0 Å². The summed E-state index contributed by atoms with van der Waals surface area (Å²) in [5, 5.41) is 0. The lowest BCUT2D eigenvalue weighted by atomic mass is 10.1. The van der Waals surface area contributed by atoms with E-state index in [0.29, 0.717) is 0 Å². The summed E-state index contributed by atoms with van der Waals surface area (Å²) < 4.78 is 43.8. The maximum absolute atomic E-state index is 9.75. The van der Waals surface area contributed by atoms with Gasteiger partial charge in [0.2, 0.25) is 3.57 Å². The van der Waals surface area contributed by atoms with E-state index in [1.807, 2.05) is 0 Å². The first-order chi connectivity index (χ1) is 9.45. The van der Waals surface area contributed by atoms with Crippen LogP contribution in [0.15, 0.2) is 30.3 Å². The predicted octanol–water partition coefficient (Wildman–Crippen LogP) is 1.79. The van der Waals surface area contributed by atoms with Crippen LogP contribution >= 0.6 is 0 Å². The lowest BCUT2D eigenvalue weighted by molar-refractivity contribution is -0.535. The maximum atomic E-state index is 9.75. The molecule has 0 aromatic heterocycles. The Labute approximate surface area is 127 Å². The summed E-state index contributed by atoms with van der Waals surface area (Å²) >= 11 is -0.0565. The van der Waals surface area contributed by atoms with Crippen LogP contribution in [0.2, 0.25) is 0 Å². The van der Waals surface area contributed by atoms with E-state index >= 15 is 0 Å². The maximum Gasteiger partial charge on any atom is 0.673 e. The van der Waals surface area contributed by atoms with Crippen LogP contribution in [0.25, 0.3) is 0 Å². The molecular formula is C14H16BF4I. The molecule has 0 amide bonds. The van der Waals surface area contributed by atoms with E-state index < -0.39 is 7.25 Å². The van der Waals surface area contributed by atoms with Gasteiger partial charge in [0, 0.05) is 6.42 Å². The number of hydrogen-bond acceptors (Lipinski definition) is 0. The smallest absolute Gasteiger partial charge is 0.418 e. The fourth-order valence-corrected chi connectivity index (χ4v) is 3.46.